The van der Waals surface area contributed by atoms with Crippen LogP contribution in [0.25, 0.3) is 12.2 Å². The molecule has 28 heavy (non-hydrogen) atoms. The molecule has 0 saturated heterocycles. The van der Waals surface area contributed by atoms with Crippen LogP contribution in [-0.4, -0.2) is 50.3 Å². The molecule has 7 heteroatoms. The number of nitrogens with one attached hydrogen (secondary N) is 1. The zero-order chi connectivity index (χ0) is 20.4. The fourth-order valence-corrected chi connectivity index (χ4v) is 2.77. The average Bonchev–Trinajstić information content (AvgIpc) is 3.14. The molecule has 0 radical (unpaired) electrons. The zero-order valence-electron chi connectivity index (χ0n) is 17.0. The Kier molecular flexibility index (Phi) is 8.37. The Hall–Kier alpha value is -2.98. The van der Waals surface area contributed by atoms with Crippen LogP contribution in [0.5, 0.6) is 11.5 Å². The highest BCUT2D eigenvalue weighted by Crippen LogP contribution is 2.28. The molecule has 0 unspecified atom stereocenters. The fraction of sp³-hybridized carbons (Fsp3) is 0.429. The molecule has 1 aromatic carbocycles. The number of benzene rings is 1. The number of nitrogens with zero attached hydrogens (tertiary/aromatic N) is 3. The van der Waals surface area contributed by atoms with Gasteiger partial charge in [-0.15, -0.1) is 0 Å². The number of methoxy groups -OCH3 is 2. The molecule has 150 valence electrons. The van der Waals surface area contributed by atoms with Gasteiger partial charge in [-0.25, -0.2) is 0 Å². The summed E-state index contributed by atoms with van der Waals surface area (Å²) in [6.45, 7) is 8.10. The van der Waals surface area contributed by atoms with E-state index in [1.54, 1.807) is 20.3 Å². The monoisotopic (exact) mass is 384 g/mol. The van der Waals surface area contributed by atoms with Crippen LogP contribution in [0.2, 0.25) is 0 Å². The second-order valence-corrected chi connectivity index (χ2v) is 6.10. The van der Waals surface area contributed by atoms with E-state index in [9.17, 15) is 5.26 Å². The van der Waals surface area contributed by atoms with E-state index in [1.165, 1.54) is 0 Å². The van der Waals surface area contributed by atoms with Crippen molar-refractivity contribution in [2.45, 2.75) is 20.3 Å². The molecule has 1 heterocycles. The van der Waals surface area contributed by atoms with Crippen LogP contribution in [0.3, 0.4) is 0 Å². The lowest BCUT2D eigenvalue weighted by atomic mass is 10.2. The van der Waals surface area contributed by atoms with Gasteiger partial charge in [0.2, 0.25) is 17.5 Å². The molecule has 1 N–H and O–H groups in total. The topological polar surface area (TPSA) is 83.6 Å². The van der Waals surface area contributed by atoms with Crippen molar-refractivity contribution in [2.75, 3.05) is 45.7 Å². The standard InChI is InChI=1S/C21H28N4O3/c1-5-25(6-2)13-7-12-23-21-17(15-22)24-20(28-21)11-9-16-8-10-18(26-3)19(14-16)27-4/h8-11,14,23H,5-7,12-13H2,1-4H3. The summed E-state index contributed by atoms with van der Waals surface area (Å²) in [6, 6.07) is 7.66. The van der Waals surface area contributed by atoms with Crippen LogP contribution < -0.4 is 14.8 Å². The second kappa shape index (κ2) is 11.0. The van der Waals surface area contributed by atoms with Crippen molar-refractivity contribution in [1.82, 2.24) is 9.88 Å². The molecule has 2 aromatic rings. The van der Waals surface area contributed by atoms with E-state index in [4.69, 9.17) is 13.9 Å². The highest BCUT2D eigenvalue weighted by atomic mass is 16.5. The van der Waals surface area contributed by atoms with Crippen LogP contribution in [-0.2, 0) is 0 Å². The minimum atomic E-state index is 0.259. The molecule has 1 aromatic heterocycles. The lowest BCUT2D eigenvalue weighted by Crippen LogP contribution is -2.25. The van der Waals surface area contributed by atoms with E-state index in [0.717, 1.165) is 38.2 Å². The first-order chi connectivity index (χ1) is 13.6. The maximum atomic E-state index is 9.29. The van der Waals surface area contributed by atoms with Gasteiger partial charge >= 0.3 is 0 Å². The van der Waals surface area contributed by atoms with Crippen molar-refractivity contribution < 1.29 is 13.9 Å². The molecule has 0 spiro atoms. The van der Waals surface area contributed by atoms with Gasteiger partial charge in [-0.05, 0) is 49.8 Å². The summed E-state index contributed by atoms with van der Waals surface area (Å²) < 4.78 is 16.2. The Balaban J connectivity index is 2.01. The lowest BCUT2D eigenvalue weighted by Gasteiger charge is -2.17. The Morgan fingerprint density at radius 3 is 2.57 bits per heavy atom. The Labute approximate surface area is 166 Å². The Bertz CT molecular complexity index is 820. The molecule has 0 aliphatic heterocycles. The number of hydrogen-bond donors (Lipinski definition) is 1. The third kappa shape index (κ3) is 5.76. The SMILES string of the molecule is CCN(CC)CCCNc1oc(C=Cc2ccc(OC)c(OC)c2)nc1C#N. The van der Waals surface area contributed by atoms with Crippen LogP contribution in [0.4, 0.5) is 5.88 Å². The minimum Gasteiger partial charge on any atom is -0.493 e. The zero-order valence-corrected chi connectivity index (χ0v) is 17.0. The lowest BCUT2D eigenvalue weighted by molar-refractivity contribution is 0.302. The number of rotatable bonds is 11. The van der Waals surface area contributed by atoms with Crippen molar-refractivity contribution in [3.8, 4) is 17.6 Å². The van der Waals surface area contributed by atoms with Gasteiger partial charge in [0.05, 0.1) is 14.2 Å². The van der Waals surface area contributed by atoms with E-state index in [-0.39, 0.29) is 5.69 Å². The van der Waals surface area contributed by atoms with E-state index in [1.807, 2.05) is 24.3 Å². The molecule has 2 rings (SSSR count). The minimum absolute atomic E-state index is 0.259. The Morgan fingerprint density at radius 2 is 1.93 bits per heavy atom. The summed E-state index contributed by atoms with van der Waals surface area (Å²) in [5.41, 5.74) is 1.16. The van der Waals surface area contributed by atoms with E-state index < -0.39 is 0 Å². The molecule has 0 bridgehead atoms. The van der Waals surface area contributed by atoms with Gasteiger partial charge in [0.15, 0.2) is 11.5 Å². The number of nitriles is 1. The van der Waals surface area contributed by atoms with Gasteiger partial charge in [0.1, 0.15) is 6.07 Å². The van der Waals surface area contributed by atoms with Crippen LogP contribution in [0, 0.1) is 11.3 Å². The van der Waals surface area contributed by atoms with Crippen molar-refractivity contribution in [2.24, 2.45) is 0 Å². The summed E-state index contributed by atoms with van der Waals surface area (Å²) in [5, 5.41) is 12.5. The highest BCUT2D eigenvalue weighted by Gasteiger charge is 2.11. The third-order valence-corrected chi connectivity index (χ3v) is 4.41. The first kappa shape index (κ1) is 21.3. The van der Waals surface area contributed by atoms with Gasteiger partial charge in [-0.1, -0.05) is 19.9 Å². The number of anilines is 1. The van der Waals surface area contributed by atoms with E-state index >= 15 is 0 Å². The molecular weight excluding hydrogens is 356 g/mol. The first-order valence-corrected chi connectivity index (χ1v) is 9.42. The number of hydrogen-bond acceptors (Lipinski definition) is 7. The summed E-state index contributed by atoms with van der Waals surface area (Å²) >= 11 is 0. The highest BCUT2D eigenvalue weighted by molar-refractivity contribution is 5.68. The second-order valence-electron chi connectivity index (χ2n) is 6.10. The van der Waals surface area contributed by atoms with Crippen molar-refractivity contribution in [3.05, 3.63) is 35.3 Å². The molecule has 0 aliphatic carbocycles. The molecule has 0 amide bonds. The number of oxazole rings is 1. The smallest absolute Gasteiger partial charge is 0.232 e. The van der Waals surface area contributed by atoms with Gasteiger partial charge in [-0.3, -0.25) is 0 Å². The van der Waals surface area contributed by atoms with Crippen molar-refractivity contribution in [3.63, 3.8) is 0 Å². The van der Waals surface area contributed by atoms with Gasteiger partial charge in [0, 0.05) is 12.6 Å². The predicted octanol–water partition coefficient (Wildman–Crippen LogP) is 3.88. The molecule has 0 atom stereocenters. The third-order valence-electron chi connectivity index (χ3n) is 4.41. The summed E-state index contributed by atoms with van der Waals surface area (Å²) in [4.78, 5) is 6.57. The van der Waals surface area contributed by atoms with Gasteiger partial charge in [0.25, 0.3) is 0 Å². The van der Waals surface area contributed by atoms with E-state index in [0.29, 0.717) is 23.3 Å². The number of ether oxygens (including phenoxy) is 2. The molecular formula is C21H28N4O3. The fourth-order valence-electron chi connectivity index (χ4n) is 2.77. The molecule has 0 saturated carbocycles. The largest absolute Gasteiger partial charge is 0.493 e. The van der Waals surface area contributed by atoms with Crippen molar-refractivity contribution >= 4 is 18.0 Å². The predicted molar refractivity (Wildman–Crippen MR) is 111 cm³/mol. The average molecular weight is 384 g/mol. The van der Waals surface area contributed by atoms with Crippen LogP contribution in [0.1, 0.15) is 37.4 Å². The summed E-state index contributed by atoms with van der Waals surface area (Å²) in [6.07, 6.45) is 4.53. The quantitative estimate of drug-likeness (QED) is 0.589. The summed E-state index contributed by atoms with van der Waals surface area (Å²) in [7, 11) is 3.19. The molecule has 0 aliphatic rings. The van der Waals surface area contributed by atoms with Crippen LogP contribution in [0.15, 0.2) is 22.6 Å². The van der Waals surface area contributed by atoms with Gasteiger partial charge in [-0.2, -0.15) is 10.2 Å². The molecule has 7 nitrogen and oxygen atoms in total. The normalized spacial score (nSPS) is 11.0. The number of aromatic nitrogens is 1. The maximum Gasteiger partial charge on any atom is 0.232 e. The van der Waals surface area contributed by atoms with Crippen molar-refractivity contribution in [1.29, 1.82) is 5.26 Å². The van der Waals surface area contributed by atoms with E-state index in [2.05, 4.69) is 35.1 Å². The first-order valence-electron chi connectivity index (χ1n) is 9.42. The summed E-state index contributed by atoms with van der Waals surface area (Å²) in [5.74, 6) is 2.09. The molecule has 0 fully saturated rings. The van der Waals surface area contributed by atoms with Gasteiger partial charge < -0.3 is 24.1 Å². The Morgan fingerprint density at radius 1 is 1.18 bits per heavy atom. The van der Waals surface area contributed by atoms with Crippen LogP contribution >= 0.6 is 0 Å². The maximum absolute atomic E-state index is 9.29.